The highest BCUT2D eigenvalue weighted by molar-refractivity contribution is 7.85. The third kappa shape index (κ3) is 11.9. The van der Waals surface area contributed by atoms with Crippen molar-refractivity contribution in [3.05, 3.63) is 151 Å². The van der Waals surface area contributed by atoms with E-state index in [1.54, 1.807) is 12.1 Å². The molecule has 332 valence electrons. The van der Waals surface area contributed by atoms with Gasteiger partial charge < -0.3 is 18.9 Å². The van der Waals surface area contributed by atoms with Crippen molar-refractivity contribution >= 4 is 43.6 Å². The summed E-state index contributed by atoms with van der Waals surface area (Å²) in [5, 5.41) is 4.39. The number of esters is 2. The first kappa shape index (κ1) is 46.8. The molecule has 0 aliphatic heterocycles. The monoisotopic (exact) mass is 892 g/mol. The lowest BCUT2D eigenvalue weighted by atomic mass is 9.83. The Morgan fingerprint density at radius 2 is 1.03 bits per heavy atom. The average molecular weight is 893 g/mol. The van der Waals surface area contributed by atoms with E-state index in [0.717, 1.165) is 54.9 Å². The molecule has 0 unspecified atom stereocenters. The lowest BCUT2D eigenvalue weighted by Gasteiger charge is -2.22. The molecule has 0 aliphatic rings. The van der Waals surface area contributed by atoms with Crippen molar-refractivity contribution in [1.82, 2.24) is 0 Å². The van der Waals surface area contributed by atoms with Crippen molar-refractivity contribution in [3.63, 3.8) is 0 Å². The largest absolute Gasteiger partial charge is 0.482 e. The van der Waals surface area contributed by atoms with Crippen molar-refractivity contribution in [2.45, 2.75) is 63.8 Å². The van der Waals surface area contributed by atoms with E-state index in [9.17, 15) is 31.2 Å². The fourth-order valence-electron chi connectivity index (χ4n) is 7.04. The van der Waals surface area contributed by atoms with Crippen LogP contribution in [0.2, 0.25) is 0 Å². The fourth-order valence-corrected chi connectivity index (χ4v) is 7.52. The van der Waals surface area contributed by atoms with Gasteiger partial charge in [0, 0.05) is 11.6 Å². The minimum atomic E-state index is -4.52. The Labute approximate surface area is 370 Å². The Balaban J connectivity index is 0.000000415. The second-order valence-corrected chi connectivity index (χ2v) is 18.1. The number of carbonyl (C=O) groups is 2. The molecule has 0 amide bonds. The molecule has 0 bridgehead atoms. The number of alkyl halides is 3. The van der Waals surface area contributed by atoms with E-state index in [1.165, 1.54) is 0 Å². The Morgan fingerprint density at radius 3 is 1.55 bits per heavy atom. The number of hydrogen-bond acceptors (Lipinski definition) is 8. The molecule has 13 heteroatoms. The van der Waals surface area contributed by atoms with Gasteiger partial charge in [-0.25, -0.2) is 9.59 Å². The number of rotatable bonds is 10. The summed E-state index contributed by atoms with van der Waals surface area (Å²) in [5.74, 6) is -0.167. The molecule has 0 spiro atoms. The second-order valence-electron chi connectivity index (χ2n) is 16.7. The van der Waals surface area contributed by atoms with Gasteiger partial charge in [-0.05, 0) is 127 Å². The number of hydrogen-bond donors (Lipinski definition) is 1. The fraction of sp³-hybridized carbons (Fsp3) is 0.216. The van der Waals surface area contributed by atoms with Crippen LogP contribution in [0.1, 0.15) is 47.1 Å². The van der Waals surface area contributed by atoms with Gasteiger partial charge in [-0.3, -0.25) is 4.55 Å². The summed E-state index contributed by atoms with van der Waals surface area (Å²) in [6.07, 6.45) is -4.52. The highest BCUT2D eigenvalue weighted by atomic mass is 32.2. The topological polar surface area (TPSA) is 125 Å². The Morgan fingerprint density at radius 1 is 0.547 bits per heavy atom. The summed E-state index contributed by atoms with van der Waals surface area (Å²) >= 11 is 0. The van der Waals surface area contributed by atoms with Gasteiger partial charge in [0.15, 0.2) is 13.2 Å². The summed E-state index contributed by atoms with van der Waals surface area (Å²) in [7, 11) is -4.43. The number of fused-ring (bicyclic) bond motifs is 2. The molecule has 0 atom stereocenters. The predicted molar refractivity (Wildman–Crippen MR) is 242 cm³/mol. The van der Waals surface area contributed by atoms with Gasteiger partial charge in [-0.2, -0.15) is 21.6 Å². The first-order valence-electron chi connectivity index (χ1n) is 20.2. The molecule has 7 aromatic rings. The van der Waals surface area contributed by atoms with Crippen LogP contribution in [0.4, 0.5) is 13.2 Å². The molecular weight excluding hydrogens is 846 g/mol. The summed E-state index contributed by atoms with van der Waals surface area (Å²) < 4.78 is 88.6. The highest BCUT2D eigenvalue weighted by Crippen LogP contribution is 2.48. The van der Waals surface area contributed by atoms with Crippen LogP contribution in [0.3, 0.4) is 0 Å². The molecule has 0 aliphatic carbocycles. The molecule has 0 saturated carbocycles. The summed E-state index contributed by atoms with van der Waals surface area (Å²) in [6, 6.07) is 43.6. The molecule has 64 heavy (non-hydrogen) atoms. The maximum atomic E-state index is 12.9. The first-order valence-corrected chi connectivity index (χ1v) is 21.6. The third-order valence-corrected chi connectivity index (χ3v) is 10.3. The molecule has 0 saturated heterocycles. The maximum absolute atomic E-state index is 12.9. The smallest absolute Gasteiger partial charge is 0.416 e. The van der Waals surface area contributed by atoms with Gasteiger partial charge in [0.05, 0.1) is 10.5 Å². The number of ether oxygens (including phenoxy) is 4. The zero-order chi connectivity index (χ0) is 46.5. The summed E-state index contributed by atoms with van der Waals surface area (Å²) in [5.41, 5.74) is 3.81. The van der Waals surface area contributed by atoms with Gasteiger partial charge in [0.25, 0.3) is 10.1 Å². The second kappa shape index (κ2) is 19.0. The zero-order valence-electron chi connectivity index (χ0n) is 36.0. The molecule has 0 fully saturated rings. The van der Waals surface area contributed by atoms with Crippen LogP contribution in [-0.4, -0.2) is 49.3 Å². The maximum Gasteiger partial charge on any atom is 0.416 e. The van der Waals surface area contributed by atoms with Gasteiger partial charge in [0.1, 0.15) is 22.7 Å². The number of halogens is 3. The standard InChI is InChI=1S/C44H42O6.C7H5F3O3S/c1-43(2,3)49-38(45)27-47-31-24-25-32(37(26-31)48-28-39(46)50-44(4,5)6)33-22-15-23-36-40(29-16-9-7-10-17-29)34-20-13-14-21-35(34)41(42(33)36)30-18-11-8-12-19-30;8-7(9,10)5-1-3-6(4-2-5)14(11,12)13/h7-26H,27-28H2,1-6H3;1-4H,(H,11,12,13). The molecule has 0 aromatic heterocycles. The minimum absolute atomic E-state index is 0.277. The first-order chi connectivity index (χ1) is 30.1. The van der Waals surface area contributed by atoms with E-state index in [1.807, 2.05) is 59.7 Å². The Hall–Kier alpha value is -6.70. The van der Waals surface area contributed by atoms with Crippen LogP contribution < -0.4 is 9.47 Å². The van der Waals surface area contributed by atoms with Crippen molar-refractivity contribution in [3.8, 4) is 44.9 Å². The van der Waals surface area contributed by atoms with Crippen LogP contribution in [-0.2, 0) is 35.4 Å². The SMILES string of the molecule is CC(C)(C)OC(=O)COc1ccc(-c2cccc3c(-c4ccccc4)c4ccccc4c(-c4ccccc4)c23)c(OCC(=O)OC(C)(C)C)c1.O=S(=O)(O)c1ccc(C(F)(F)F)cc1. The van der Waals surface area contributed by atoms with E-state index in [-0.39, 0.29) is 13.2 Å². The van der Waals surface area contributed by atoms with E-state index >= 15 is 0 Å². The molecule has 0 heterocycles. The zero-order valence-corrected chi connectivity index (χ0v) is 36.8. The minimum Gasteiger partial charge on any atom is -0.482 e. The van der Waals surface area contributed by atoms with E-state index in [0.29, 0.717) is 35.8 Å². The average Bonchev–Trinajstić information content (AvgIpc) is 3.23. The van der Waals surface area contributed by atoms with Crippen LogP contribution >= 0.6 is 0 Å². The Kier molecular flexibility index (Phi) is 13.9. The summed E-state index contributed by atoms with van der Waals surface area (Å²) in [4.78, 5) is 24.8. The van der Waals surface area contributed by atoms with Gasteiger partial charge in [-0.15, -0.1) is 0 Å². The predicted octanol–water partition coefficient (Wildman–Crippen LogP) is 12.4. The van der Waals surface area contributed by atoms with E-state index in [4.69, 9.17) is 23.5 Å². The molecule has 7 rings (SSSR count). The third-order valence-electron chi connectivity index (χ3n) is 9.44. The number of carbonyl (C=O) groups excluding carboxylic acids is 2. The molecule has 0 radical (unpaired) electrons. The van der Waals surface area contributed by atoms with Crippen LogP contribution in [0, 0.1) is 0 Å². The van der Waals surface area contributed by atoms with Crippen LogP contribution in [0.15, 0.2) is 150 Å². The molecule has 1 N–H and O–H groups in total. The van der Waals surface area contributed by atoms with E-state index < -0.39 is 49.9 Å². The number of benzene rings is 7. The van der Waals surface area contributed by atoms with Gasteiger partial charge in [0.2, 0.25) is 0 Å². The summed E-state index contributed by atoms with van der Waals surface area (Å²) in [6.45, 7) is 10.3. The van der Waals surface area contributed by atoms with Crippen LogP contribution in [0.5, 0.6) is 11.5 Å². The normalized spacial score (nSPS) is 12.0. The molecule has 9 nitrogen and oxygen atoms in total. The van der Waals surface area contributed by atoms with Crippen molar-refractivity contribution in [2.24, 2.45) is 0 Å². The lowest BCUT2D eigenvalue weighted by Crippen LogP contribution is -2.27. The van der Waals surface area contributed by atoms with Gasteiger partial charge in [-0.1, -0.05) is 103 Å². The van der Waals surface area contributed by atoms with Crippen molar-refractivity contribution < 1.29 is 54.7 Å². The van der Waals surface area contributed by atoms with Gasteiger partial charge >= 0.3 is 18.1 Å². The lowest BCUT2D eigenvalue weighted by molar-refractivity contribution is -0.158. The van der Waals surface area contributed by atoms with Crippen molar-refractivity contribution in [1.29, 1.82) is 0 Å². The van der Waals surface area contributed by atoms with Crippen molar-refractivity contribution in [2.75, 3.05) is 13.2 Å². The molecular formula is C51H47F3O9S. The van der Waals surface area contributed by atoms with E-state index in [2.05, 4.69) is 91.0 Å². The quantitative estimate of drug-likeness (QED) is 0.0811. The van der Waals surface area contributed by atoms with Crippen LogP contribution in [0.25, 0.3) is 54.9 Å². The highest BCUT2D eigenvalue weighted by Gasteiger charge is 2.30. The molecule has 7 aromatic carbocycles. The Bertz CT molecular complexity index is 2880.